The molecule has 0 bridgehead atoms. The fourth-order valence-electron chi connectivity index (χ4n) is 3.20. The van der Waals surface area contributed by atoms with E-state index in [1.54, 1.807) is 25.3 Å². The zero-order valence-corrected chi connectivity index (χ0v) is 20.7. The van der Waals surface area contributed by atoms with E-state index in [1.165, 1.54) is 18.9 Å². The van der Waals surface area contributed by atoms with Crippen LogP contribution in [0.15, 0.2) is 47.6 Å². The second kappa shape index (κ2) is 11.3. The molecule has 0 saturated carbocycles. The van der Waals surface area contributed by atoms with Gasteiger partial charge in [0, 0.05) is 11.1 Å². The standard InChI is InChI=1S/C23H27ClN4O4S/c1-14(2)28-22(15(3)32-20-9-7-6-8-19(20)31-5)26-27-23(28)33-13-21(29)25-17-12-16(24)10-11-18(17)30-4/h6-12,14-15H,13H2,1-5H3,(H,25,29). The Morgan fingerprint density at radius 1 is 1.06 bits per heavy atom. The lowest BCUT2D eigenvalue weighted by atomic mass is 10.3. The van der Waals surface area contributed by atoms with Crippen molar-refractivity contribution in [2.75, 3.05) is 25.3 Å². The molecule has 10 heteroatoms. The van der Waals surface area contributed by atoms with Gasteiger partial charge in [-0.15, -0.1) is 10.2 Å². The summed E-state index contributed by atoms with van der Waals surface area (Å²) in [5.41, 5.74) is 0.514. The van der Waals surface area contributed by atoms with Crippen LogP contribution >= 0.6 is 23.4 Å². The largest absolute Gasteiger partial charge is 0.495 e. The van der Waals surface area contributed by atoms with Gasteiger partial charge < -0.3 is 24.1 Å². The zero-order valence-electron chi connectivity index (χ0n) is 19.2. The molecule has 0 aliphatic rings. The Morgan fingerprint density at radius 2 is 1.76 bits per heavy atom. The third-order valence-corrected chi connectivity index (χ3v) is 5.89. The van der Waals surface area contributed by atoms with Crippen LogP contribution in [-0.4, -0.2) is 40.6 Å². The number of methoxy groups -OCH3 is 2. The van der Waals surface area contributed by atoms with Crippen LogP contribution in [0.5, 0.6) is 17.2 Å². The smallest absolute Gasteiger partial charge is 0.234 e. The lowest BCUT2D eigenvalue weighted by Crippen LogP contribution is -2.17. The van der Waals surface area contributed by atoms with Crippen molar-refractivity contribution in [1.82, 2.24) is 14.8 Å². The average Bonchev–Trinajstić information content (AvgIpc) is 3.23. The number of para-hydroxylation sites is 2. The Morgan fingerprint density at radius 3 is 2.42 bits per heavy atom. The summed E-state index contributed by atoms with van der Waals surface area (Å²) in [6, 6.07) is 12.6. The number of thioether (sulfide) groups is 1. The molecular weight excluding hydrogens is 464 g/mol. The van der Waals surface area contributed by atoms with Crippen molar-refractivity contribution in [3.63, 3.8) is 0 Å². The van der Waals surface area contributed by atoms with Crippen LogP contribution in [0.1, 0.15) is 38.7 Å². The highest BCUT2D eigenvalue weighted by Crippen LogP contribution is 2.32. The van der Waals surface area contributed by atoms with E-state index in [-0.39, 0.29) is 23.8 Å². The summed E-state index contributed by atoms with van der Waals surface area (Å²) in [6.07, 6.45) is -0.380. The van der Waals surface area contributed by atoms with Crippen molar-refractivity contribution in [3.8, 4) is 17.2 Å². The maximum atomic E-state index is 12.6. The highest BCUT2D eigenvalue weighted by molar-refractivity contribution is 7.99. The Bertz CT molecular complexity index is 1110. The summed E-state index contributed by atoms with van der Waals surface area (Å²) in [4.78, 5) is 12.6. The molecule has 0 spiro atoms. The molecule has 3 aromatic rings. The number of rotatable bonds is 10. The van der Waals surface area contributed by atoms with Gasteiger partial charge in [0.15, 0.2) is 28.6 Å². The first-order valence-corrected chi connectivity index (χ1v) is 11.7. The number of ether oxygens (including phenoxy) is 3. The monoisotopic (exact) mass is 490 g/mol. The molecule has 1 N–H and O–H groups in total. The molecule has 0 saturated heterocycles. The second-order valence-electron chi connectivity index (χ2n) is 7.40. The summed E-state index contributed by atoms with van der Waals surface area (Å²) in [6.45, 7) is 5.97. The van der Waals surface area contributed by atoms with Gasteiger partial charge in [0.05, 0.1) is 25.7 Å². The van der Waals surface area contributed by atoms with E-state index >= 15 is 0 Å². The Kier molecular flexibility index (Phi) is 8.46. The topological polar surface area (TPSA) is 87.5 Å². The first-order chi connectivity index (χ1) is 15.8. The molecule has 0 radical (unpaired) electrons. The summed E-state index contributed by atoms with van der Waals surface area (Å²) in [5.74, 6) is 2.39. The number of aromatic nitrogens is 3. The summed E-state index contributed by atoms with van der Waals surface area (Å²) < 4.78 is 18.7. The van der Waals surface area contributed by atoms with Crippen molar-refractivity contribution in [1.29, 1.82) is 0 Å². The molecule has 1 heterocycles. The van der Waals surface area contributed by atoms with Crippen molar-refractivity contribution < 1.29 is 19.0 Å². The molecule has 1 unspecified atom stereocenters. The maximum absolute atomic E-state index is 12.6. The average molecular weight is 491 g/mol. The van der Waals surface area contributed by atoms with E-state index in [4.69, 9.17) is 25.8 Å². The number of halogens is 1. The van der Waals surface area contributed by atoms with Gasteiger partial charge in [0.2, 0.25) is 5.91 Å². The highest BCUT2D eigenvalue weighted by Gasteiger charge is 2.23. The number of benzene rings is 2. The predicted octanol–water partition coefficient (Wildman–Crippen LogP) is 5.40. The first-order valence-electron chi connectivity index (χ1n) is 10.3. The normalized spacial score (nSPS) is 11.8. The van der Waals surface area contributed by atoms with Crippen LogP contribution in [-0.2, 0) is 4.79 Å². The molecule has 3 rings (SSSR count). The molecule has 1 atom stereocenters. The molecular formula is C23H27ClN4O4S. The minimum Gasteiger partial charge on any atom is -0.495 e. The zero-order chi connectivity index (χ0) is 24.0. The third-order valence-electron chi connectivity index (χ3n) is 4.71. The van der Waals surface area contributed by atoms with E-state index < -0.39 is 0 Å². The predicted molar refractivity (Wildman–Crippen MR) is 130 cm³/mol. The molecule has 1 amide bonds. The highest BCUT2D eigenvalue weighted by atomic mass is 35.5. The minimum atomic E-state index is -0.380. The van der Waals surface area contributed by atoms with Crippen LogP contribution in [0.25, 0.3) is 0 Å². The van der Waals surface area contributed by atoms with Crippen LogP contribution in [0.2, 0.25) is 5.02 Å². The van der Waals surface area contributed by atoms with Gasteiger partial charge in [-0.25, -0.2) is 0 Å². The Labute approximate surface area is 202 Å². The van der Waals surface area contributed by atoms with Gasteiger partial charge in [-0.2, -0.15) is 0 Å². The van der Waals surface area contributed by atoms with Crippen molar-refractivity contribution >= 4 is 35.0 Å². The number of hydrogen-bond acceptors (Lipinski definition) is 7. The third kappa shape index (κ3) is 6.11. The minimum absolute atomic E-state index is 0.0669. The molecule has 176 valence electrons. The number of carbonyl (C=O) groups is 1. The van der Waals surface area contributed by atoms with Crippen LogP contribution in [0.3, 0.4) is 0 Å². The van der Waals surface area contributed by atoms with Crippen LogP contribution in [0.4, 0.5) is 5.69 Å². The maximum Gasteiger partial charge on any atom is 0.234 e. The molecule has 0 aliphatic carbocycles. The fraction of sp³-hybridized carbons (Fsp3) is 0.348. The number of carbonyl (C=O) groups excluding carboxylic acids is 1. The van der Waals surface area contributed by atoms with Crippen molar-refractivity contribution in [2.24, 2.45) is 0 Å². The number of nitrogens with one attached hydrogen (secondary N) is 1. The van der Waals surface area contributed by atoms with E-state index in [0.29, 0.717) is 38.9 Å². The molecule has 0 fully saturated rings. The van der Waals surface area contributed by atoms with Gasteiger partial charge >= 0.3 is 0 Å². The van der Waals surface area contributed by atoms with Crippen LogP contribution < -0.4 is 19.5 Å². The molecule has 33 heavy (non-hydrogen) atoms. The van der Waals surface area contributed by atoms with Crippen molar-refractivity contribution in [3.05, 3.63) is 53.3 Å². The Hall–Kier alpha value is -2.91. The van der Waals surface area contributed by atoms with Crippen molar-refractivity contribution in [2.45, 2.75) is 38.1 Å². The summed E-state index contributed by atoms with van der Waals surface area (Å²) in [5, 5.41) is 12.6. The van der Waals surface area contributed by atoms with E-state index in [9.17, 15) is 4.79 Å². The van der Waals surface area contributed by atoms with Gasteiger partial charge in [-0.3, -0.25) is 4.79 Å². The molecule has 8 nitrogen and oxygen atoms in total. The van der Waals surface area contributed by atoms with Gasteiger partial charge in [-0.1, -0.05) is 35.5 Å². The molecule has 0 aliphatic heterocycles. The lowest BCUT2D eigenvalue weighted by molar-refractivity contribution is -0.113. The number of hydrogen-bond donors (Lipinski definition) is 1. The molecule has 2 aromatic carbocycles. The SMILES string of the molecule is COc1ccc(Cl)cc1NC(=O)CSc1nnc(C(C)Oc2ccccc2OC)n1C(C)C. The molecule has 1 aromatic heterocycles. The number of amides is 1. The number of anilines is 1. The second-order valence-corrected chi connectivity index (χ2v) is 8.78. The van der Waals surface area contributed by atoms with Gasteiger partial charge in [-0.05, 0) is 51.1 Å². The Balaban J connectivity index is 1.72. The van der Waals surface area contributed by atoms with Gasteiger partial charge in [0.1, 0.15) is 5.75 Å². The first kappa shape index (κ1) is 24.7. The van der Waals surface area contributed by atoms with Crippen LogP contribution in [0, 0.1) is 0 Å². The summed E-state index contributed by atoms with van der Waals surface area (Å²) >= 11 is 7.34. The summed E-state index contributed by atoms with van der Waals surface area (Å²) in [7, 11) is 3.14. The quantitative estimate of drug-likeness (QED) is 0.380. The van der Waals surface area contributed by atoms with E-state index in [0.717, 1.165) is 0 Å². The fourth-order valence-corrected chi connectivity index (χ4v) is 4.25. The lowest BCUT2D eigenvalue weighted by Gasteiger charge is -2.19. The number of nitrogens with zero attached hydrogens (tertiary/aromatic N) is 3. The van der Waals surface area contributed by atoms with E-state index in [2.05, 4.69) is 15.5 Å². The van der Waals surface area contributed by atoms with E-state index in [1.807, 2.05) is 49.6 Å². The van der Waals surface area contributed by atoms with Gasteiger partial charge in [0.25, 0.3) is 0 Å².